The number of hydroxylamine groups is 2. The Labute approximate surface area is 136 Å². The Kier molecular flexibility index (Phi) is 3.04. The average Bonchev–Trinajstić information content (AvgIpc) is 2.84. The van der Waals surface area contributed by atoms with E-state index in [0.29, 0.717) is 5.56 Å². The van der Waals surface area contributed by atoms with Crippen LogP contribution in [0.2, 0.25) is 0 Å². The van der Waals surface area contributed by atoms with Crippen molar-refractivity contribution in [1.82, 2.24) is 5.06 Å². The molecule has 6 heteroatoms. The van der Waals surface area contributed by atoms with Gasteiger partial charge in [-0.1, -0.05) is 24.3 Å². The summed E-state index contributed by atoms with van der Waals surface area (Å²) in [5.41, 5.74) is 0.578. The largest absolute Gasteiger partial charge is 0.342 e. The van der Waals surface area contributed by atoms with Crippen molar-refractivity contribution in [2.24, 2.45) is 0 Å². The van der Waals surface area contributed by atoms with Gasteiger partial charge in [0.1, 0.15) is 18.2 Å². The molecule has 5 nitrogen and oxygen atoms in total. The summed E-state index contributed by atoms with van der Waals surface area (Å²) in [5.74, 6) is -0.890. The third-order valence-corrected chi connectivity index (χ3v) is 4.96. The Morgan fingerprint density at radius 3 is 2.68 bits per heavy atom. The molecule has 3 heterocycles. The molecule has 1 aromatic rings. The summed E-state index contributed by atoms with van der Waals surface area (Å²) in [6.07, 6.45) is 3.27. The molecule has 0 saturated carbocycles. The predicted molar refractivity (Wildman–Crippen MR) is 82.1 cm³/mol. The van der Waals surface area contributed by atoms with Crippen LogP contribution < -0.4 is 0 Å². The van der Waals surface area contributed by atoms with Crippen molar-refractivity contribution in [3.63, 3.8) is 0 Å². The van der Waals surface area contributed by atoms with Gasteiger partial charge >= 0.3 is 0 Å². The molecule has 0 radical (unpaired) electrons. The highest BCUT2D eigenvalue weighted by atomic mass is 79.9. The van der Waals surface area contributed by atoms with E-state index in [1.165, 1.54) is 5.06 Å². The van der Waals surface area contributed by atoms with Gasteiger partial charge in [-0.25, -0.2) is 9.90 Å². The van der Waals surface area contributed by atoms with E-state index in [0.717, 1.165) is 0 Å². The quantitative estimate of drug-likeness (QED) is 0.566. The number of hydrogen-bond donors (Lipinski definition) is 0. The van der Waals surface area contributed by atoms with Crippen molar-refractivity contribution in [3.8, 4) is 0 Å². The van der Waals surface area contributed by atoms with Crippen LogP contribution in [-0.2, 0) is 14.3 Å². The molecular weight excluding hydrogens is 350 g/mol. The van der Waals surface area contributed by atoms with E-state index < -0.39 is 10.3 Å². The highest BCUT2D eigenvalue weighted by molar-refractivity contribution is 9.10. The molecule has 22 heavy (non-hydrogen) atoms. The van der Waals surface area contributed by atoms with Gasteiger partial charge < -0.3 is 9.47 Å². The fourth-order valence-electron chi connectivity index (χ4n) is 3.17. The van der Waals surface area contributed by atoms with Crippen LogP contribution >= 0.6 is 15.9 Å². The van der Waals surface area contributed by atoms with Crippen LogP contribution in [0.1, 0.15) is 24.2 Å². The molecular formula is C16H16BrNO4. The van der Waals surface area contributed by atoms with Crippen LogP contribution in [0.4, 0.5) is 0 Å². The van der Waals surface area contributed by atoms with Crippen molar-refractivity contribution >= 4 is 21.8 Å². The lowest BCUT2D eigenvalue weighted by Crippen LogP contribution is -2.65. The third kappa shape index (κ3) is 2.06. The maximum atomic E-state index is 12.7. The monoisotopic (exact) mass is 365 g/mol. The Morgan fingerprint density at radius 1 is 1.23 bits per heavy atom. The second-order valence-corrected chi connectivity index (χ2v) is 7.40. The summed E-state index contributed by atoms with van der Waals surface area (Å²) in [5, 5.41) is 1.38. The van der Waals surface area contributed by atoms with Crippen molar-refractivity contribution in [2.45, 2.75) is 42.4 Å². The average molecular weight is 366 g/mol. The van der Waals surface area contributed by atoms with Crippen LogP contribution in [0.5, 0.6) is 0 Å². The van der Waals surface area contributed by atoms with Crippen LogP contribution in [0, 0.1) is 0 Å². The van der Waals surface area contributed by atoms with E-state index >= 15 is 0 Å². The summed E-state index contributed by atoms with van der Waals surface area (Å²) in [6.45, 7) is 3.73. The highest BCUT2D eigenvalue weighted by Crippen LogP contribution is 2.49. The molecule has 5 rings (SSSR count). The molecule has 0 N–H and O–H groups in total. The molecule has 4 atom stereocenters. The minimum absolute atomic E-state index is 0.189. The van der Waals surface area contributed by atoms with Gasteiger partial charge in [-0.05, 0) is 48.0 Å². The number of halogens is 1. The van der Waals surface area contributed by atoms with Crippen molar-refractivity contribution < 1.29 is 19.1 Å². The first kappa shape index (κ1) is 14.4. The summed E-state index contributed by atoms with van der Waals surface area (Å²) < 4.78 is 11.0. The Bertz CT molecular complexity index is 647. The number of carbonyl (C=O) groups is 1. The number of rotatable bonds is 1. The van der Waals surface area contributed by atoms with Gasteiger partial charge in [0.15, 0.2) is 10.3 Å². The molecule has 0 spiro atoms. The predicted octanol–water partition coefficient (Wildman–Crippen LogP) is 2.62. The van der Waals surface area contributed by atoms with Gasteiger partial charge in [-0.3, -0.25) is 4.79 Å². The van der Waals surface area contributed by atoms with E-state index in [1.54, 1.807) is 12.1 Å². The van der Waals surface area contributed by atoms with Crippen LogP contribution in [0.3, 0.4) is 0 Å². The van der Waals surface area contributed by atoms with E-state index in [9.17, 15) is 4.79 Å². The fourth-order valence-corrected chi connectivity index (χ4v) is 3.83. The first-order valence-electron chi connectivity index (χ1n) is 7.21. The molecule has 1 aromatic carbocycles. The van der Waals surface area contributed by atoms with E-state index in [1.807, 2.05) is 44.2 Å². The standard InChI is InChI=1S/C16H16BrNO4/c1-15(2)20-12-11-8-9-16(17,13(12)21-15)22-18(11)14(19)10-6-4-3-5-7-10/h3-9,11-13H,1-2H3. The number of fused-ring (bicyclic) bond motifs is 1. The van der Waals surface area contributed by atoms with Gasteiger partial charge in [0.25, 0.3) is 5.91 Å². The molecule has 4 aliphatic rings. The lowest BCUT2D eigenvalue weighted by molar-refractivity contribution is -0.254. The van der Waals surface area contributed by atoms with Gasteiger partial charge in [0.2, 0.25) is 0 Å². The molecule has 1 amide bonds. The molecule has 4 unspecified atom stereocenters. The van der Waals surface area contributed by atoms with Crippen molar-refractivity contribution in [2.75, 3.05) is 0 Å². The minimum Gasteiger partial charge on any atom is -0.342 e. The maximum absolute atomic E-state index is 12.7. The fraction of sp³-hybridized carbons (Fsp3) is 0.438. The molecule has 2 bridgehead atoms. The summed E-state index contributed by atoms with van der Waals surface area (Å²) in [4.78, 5) is 18.6. The lowest BCUT2D eigenvalue weighted by Gasteiger charge is -2.49. The number of nitrogens with zero attached hydrogens (tertiary/aromatic N) is 1. The van der Waals surface area contributed by atoms with E-state index in [4.69, 9.17) is 14.3 Å². The van der Waals surface area contributed by atoms with Gasteiger partial charge in [-0.2, -0.15) is 0 Å². The number of carbonyl (C=O) groups excluding carboxylic acids is 1. The summed E-state index contributed by atoms with van der Waals surface area (Å²) >= 11 is 3.56. The number of amides is 1. The first-order valence-corrected chi connectivity index (χ1v) is 8.01. The molecule has 3 aliphatic heterocycles. The van der Waals surface area contributed by atoms with Crippen LogP contribution in [0.25, 0.3) is 0 Å². The zero-order valence-electron chi connectivity index (χ0n) is 12.2. The number of alkyl halides is 1. The smallest absolute Gasteiger partial charge is 0.278 e. The zero-order chi connectivity index (χ0) is 15.5. The molecule has 2 saturated heterocycles. The summed E-state index contributed by atoms with van der Waals surface area (Å²) in [6, 6.07) is 8.77. The van der Waals surface area contributed by atoms with E-state index in [-0.39, 0.29) is 24.2 Å². The van der Waals surface area contributed by atoms with Gasteiger partial charge in [-0.15, -0.1) is 0 Å². The Balaban J connectivity index is 1.68. The first-order chi connectivity index (χ1) is 10.4. The number of benzene rings is 1. The zero-order valence-corrected chi connectivity index (χ0v) is 13.8. The van der Waals surface area contributed by atoms with Gasteiger partial charge in [0.05, 0.1) is 0 Å². The number of ether oxygens (including phenoxy) is 2. The Morgan fingerprint density at radius 2 is 1.95 bits per heavy atom. The third-order valence-electron chi connectivity index (χ3n) is 4.10. The Hall–Kier alpha value is -1.21. The molecule has 116 valence electrons. The van der Waals surface area contributed by atoms with E-state index in [2.05, 4.69) is 15.9 Å². The van der Waals surface area contributed by atoms with Crippen molar-refractivity contribution in [3.05, 3.63) is 48.0 Å². The topological polar surface area (TPSA) is 48.0 Å². The summed E-state index contributed by atoms with van der Waals surface area (Å²) in [7, 11) is 0. The molecule has 2 fully saturated rings. The van der Waals surface area contributed by atoms with Gasteiger partial charge in [0, 0.05) is 5.56 Å². The lowest BCUT2D eigenvalue weighted by atomic mass is 9.91. The molecule has 0 aromatic heterocycles. The molecule has 1 aliphatic carbocycles. The maximum Gasteiger partial charge on any atom is 0.278 e. The highest BCUT2D eigenvalue weighted by Gasteiger charge is 2.63. The van der Waals surface area contributed by atoms with Crippen molar-refractivity contribution in [1.29, 1.82) is 0 Å². The minimum atomic E-state index is -0.884. The van der Waals surface area contributed by atoms with Crippen LogP contribution in [0.15, 0.2) is 42.5 Å². The number of hydrogen-bond acceptors (Lipinski definition) is 4. The normalized spacial score (nSPS) is 38.1. The second-order valence-electron chi connectivity index (χ2n) is 6.16. The SMILES string of the molecule is CC1(C)OC2C3C=CC(Br)(ON3C(=O)c3ccccc3)C2O1. The van der Waals surface area contributed by atoms with Crippen LogP contribution in [-0.4, -0.2) is 39.5 Å². The second kappa shape index (κ2) is 4.64.